The van der Waals surface area contributed by atoms with Gasteiger partial charge >= 0.3 is 6.09 Å². The Balaban J connectivity index is 1.51. The summed E-state index contributed by atoms with van der Waals surface area (Å²) in [7, 11) is 0. The zero-order valence-electron chi connectivity index (χ0n) is 18.3. The number of amides is 1. The third-order valence-corrected chi connectivity index (χ3v) is 7.66. The summed E-state index contributed by atoms with van der Waals surface area (Å²) in [5.74, 6) is 0.108. The van der Waals surface area contributed by atoms with Gasteiger partial charge in [0.25, 0.3) is 0 Å². The van der Waals surface area contributed by atoms with Gasteiger partial charge in [-0.15, -0.1) is 0 Å². The number of hydrogen-bond donors (Lipinski definition) is 1. The largest absolute Gasteiger partial charge is 0.419 e. The van der Waals surface area contributed by atoms with Crippen molar-refractivity contribution in [3.8, 4) is 0 Å². The lowest BCUT2D eigenvalue weighted by atomic mass is 9.58. The number of hydrogen-bond acceptors (Lipinski definition) is 7. The summed E-state index contributed by atoms with van der Waals surface area (Å²) in [6.07, 6.45) is 2.11. The fourth-order valence-corrected chi connectivity index (χ4v) is 5.78. The van der Waals surface area contributed by atoms with E-state index in [1.807, 2.05) is 6.92 Å². The van der Waals surface area contributed by atoms with Crippen molar-refractivity contribution in [2.24, 2.45) is 23.7 Å². The van der Waals surface area contributed by atoms with E-state index in [1.165, 1.54) is 0 Å². The van der Waals surface area contributed by atoms with E-state index in [9.17, 15) is 4.79 Å². The molecule has 166 valence electrons. The van der Waals surface area contributed by atoms with Crippen LogP contribution in [0, 0.1) is 23.7 Å². The highest BCUT2D eigenvalue weighted by Crippen LogP contribution is 2.60. The minimum atomic E-state index is -0.826. The predicted octanol–water partition coefficient (Wildman–Crippen LogP) is 3.22. The van der Waals surface area contributed by atoms with Crippen molar-refractivity contribution in [2.45, 2.75) is 84.3 Å². The lowest BCUT2D eigenvalue weighted by Gasteiger charge is -2.59. The SMILES string of the molecule is CCN(CC)CNC(=O)OC1O[C@@H]2O[C@]3(C)CC[C@H]4[C@H](C)CC[C@@H]([C@H]1C)C24OO3. The van der Waals surface area contributed by atoms with E-state index in [2.05, 4.69) is 37.9 Å². The van der Waals surface area contributed by atoms with E-state index in [1.54, 1.807) is 0 Å². The third kappa shape index (κ3) is 3.57. The van der Waals surface area contributed by atoms with Crippen LogP contribution in [0.15, 0.2) is 0 Å². The molecule has 1 saturated carbocycles. The fraction of sp³-hybridized carbons (Fsp3) is 0.952. The molecule has 2 unspecified atom stereocenters. The lowest BCUT2D eigenvalue weighted by Crippen LogP contribution is -2.70. The number of carbonyl (C=O) groups excluding carboxylic acids is 1. The molecular formula is C21H36N2O6. The molecule has 0 aromatic heterocycles. The molecule has 0 aromatic carbocycles. The Labute approximate surface area is 173 Å². The molecule has 8 atom stereocenters. The van der Waals surface area contributed by atoms with Gasteiger partial charge in [-0.05, 0) is 51.1 Å². The number of nitrogens with zero attached hydrogens (tertiary/aromatic N) is 1. The van der Waals surface area contributed by atoms with Crippen LogP contribution in [0.2, 0.25) is 0 Å². The van der Waals surface area contributed by atoms with Crippen LogP contribution in [-0.4, -0.2) is 54.7 Å². The molecule has 2 bridgehead atoms. The maximum Gasteiger partial charge on any atom is 0.410 e. The maximum atomic E-state index is 12.4. The zero-order chi connectivity index (χ0) is 20.8. The number of rotatable bonds is 5. The molecule has 4 heterocycles. The second-order valence-corrected chi connectivity index (χ2v) is 9.32. The predicted molar refractivity (Wildman–Crippen MR) is 104 cm³/mol. The van der Waals surface area contributed by atoms with Crippen LogP contribution in [-0.2, 0) is 24.0 Å². The first-order valence-electron chi connectivity index (χ1n) is 11.2. The Morgan fingerprint density at radius 3 is 2.62 bits per heavy atom. The van der Waals surface area contributed by atoms with Gasteiger partial charge in [0, 0.05) is 18.3 Å². The van der Waals surface area contributed by atoms with Crippen LogP contribution in [0.5, 0.6) is 0 Å². The van der Waals surface area contributed by atoms with E-state index in [0.29, 0.717) is 18.5 Å². The molecule has 4 saturated heterocycles. The molecule has 1 N–H and O–H groups in total. The number of nitrogens with one attached hydrogen (secondary N) is 1. The van der Waals surface area contributed by atoms with Crippen LogP contribution in [0.1, 0.15) is 60.3 Å². The van der Waals surface area contributed by atoms with Gasteiger partial charge < -0.3 is 19.5 Å². The topological polar surface area (TPSA) is 78.5 Å². The first-order valence-corrected chi connectivity index (χ1v) is 11.2. The molecule has 1 spiro atoms. The van der Waals surface area contributed by atoms with Gasteiger partial charge in [-0.2, -0.15) is 0 Å². The van der Waals surface area contributed by atoms with E-state index < -0.39 is 30.1 Å². The van der Waals surface area contributed by atoms with Crippen molar-refractivity contribution in [3.63, 3.8) is 0 Å². The molecule has 5 rings (SSSR count). The van der Waals surface area contributed by atoms with Crippen LogP contribution in [0.4, 0.5) is 4.79 Å². The molecule has 4 aliphatic heterocycles. The van der Waals surface area contributed by atoms with Gasteiger partial charge in [0.2, 0.25) is 12.1 Å². The Morgan fingerprint density at radius 1 is 1.14 bits per heavy atom. The third-order valence-electron chi connectivity index (χ3n) is 7.66. The second-order valence-electron chi connectivity index (χ2n) is 9.32. The van der Waals surface area contributed by atoms with Crippen molar-refractivity contribution >= 4 is 6.09 Å². The number of ether oxygens (including phenoxy) is 3. The van der Waals surface area contributed by atoms with E-state index in [-0.39, 0.29) is 11.8 Å². The van der Waals surface area contributed by atoms with E-state index >= 15 is 0 Å². The minimum absolute atomic E-state index is 0.0184. The van der Waals surface area contributed by atoms with E-state index in [4.69, 9.17) is 24.0 Å². The van der Waals surface area contributed by atoms with Crippen molar-refractivity contribution in [3.05, 3.63) is 0 Å². The quantitative estimate of drug-likeness (QED) is 0.549. The summed E-state index contributed by atoms with van der Waals surface area (Å²) in [5, 5.41) is 2.83. The average Bonchev–Trinajstić information content (AvgIpc) is 2.93. The Kier molecular flexibility index (Phi) is 5.85. The summed E-state index contributed by atoms with van der Waals surface area (Å²) >= 11 is 0. The van der Waals surface area contributed by atoms with Gasteiger partial charge in [0.05, 0.1) is 6.67 Å². The molecule has 0 aromatic rings. The molecule has 8 heteroatoms. The monoisotopic (exact) mass is 412 g/mol. The minimum Gasteiger partial charge on any atom is -0.419 e. The number of fused-ring (bicyclic) bond motifs is 2. The van der Waals surface area contributed by atoms with Crippen LogP contribution >= 0.6 is 0 Å². The van der Waals surface area contributed by atoms with Crippen molar-refractivity contribution in [2.75, 3.05) is 19.8 Å². The van der Waals surface area contributed by atoms with E-state index in [0.717, 1.165) is 38.8 Å². The molecule has 1 amide bonds. The molecule has 1 aliphatic carbocycles. The Morgan fingerprint density at radius 2 is 1.90 bits per heavy atom. The van der Waals surface area contributed by atoms with Gasteiger partial charge in [0.15, 0.2) is 11.9 Å². The second kappa shape index (κ2) is 7.96. The van der Waals surface area contributed by atoms with Gasteiger partial charge in [-0.3, -0.25) is 4.90 Å². The fourth-order valence-electron chi connectivity index (χ4n) is 5.78. The number of carbonyl (C=O) groups is 1. The molecule has 5 fully saturated rings. The normalized spacial score (nSPS) is 46.1. The highest BCUT2D eigenvalue weighted by atomic mass is 17.3. The Bertz CT molecular complexity index is 616. The van der Waals surface area contributed by atoms with Gasteiger partial charge in [0.1, 0.15) is 0 Å². The van der Waals surface area contributed by atoms with Gasteiger partial charge in [-0.25, -0.2) is 14.6 Å². The highest BCUT2D eigenvalue weighted by molar-refractivity contribution is 5.67. The highest BCUT2D eigenvalue weighted by Gasteiger charge is 2.69. The van der Waals surface area contributed by atoms with Crippen molar-refractivity contribution in [1.29, 1.82) is 0 Å². The molecule has 29 heavy (non-hydrogen) atoms. The average molecular weight is 413 g/mol. The first kappa shape index (κ1) is 21.3. The van der Waals surface area contributed by atoms with Crippen LogP contribution in [0.3, 0.4) is 0 Å². The van der Waals surface area contributed by atoms with Gasteiger partial charge in [-0.1, -0.05) is 27.7 Å². The lowest BCUT2D eigenvalue weighted by molar-refractivity contribution is -0.576. The first-order chi connectivity index (χ1) is 13.8. The summed E-state index contributed by atoms with van der Waals surface area (Å²) in [4.78, 5) is 26.4. The molecule has 5 aliphatic rings. The summed E-state index contributed by atoms with van der Waals surface area (Å²) in [6, 6.07) is 0. The van der Waals surface area contributed by atoms with Crippen LogP contribution < -0.4 is 5.32 Å². The zero-order valence-corrected chi connectivity index (χ0v) is 18.3. The van der Waals surface area contributed by atoms with Crippen LogP contribution in [0.25, 0.3) is 0 Å². The summed E-state index contributed by atoms with van der Waals surface area (Å²) < 4.78 is 18.3. The van der Waals surface area contributed by atoms with Crippen molar-refractivity contribution < 1.29 is 28.8 Å². The Hall–Kier alpha value is -0.930. The number of alkyl carbamates (subject to hydrolysis) is 1. The summed E-state index contributed by atoms with van der Waals surface area (Å²) in [5.41, 5.74) is -0.634. The molecule has 0 radical (unpaired) electrons. The molecule has 8 nitrogen and oxygen atoms in total. The smallest absolute Gasteiger partial charge is 0.410 e. The maximum absolute atomic E-state index is 12.4. The van der Waals surface area contributed by atoms with Crippen molar-refractivity contribution in [1.82, 2.24) is 10.2 Å². The molecular weight excluding hydrogens is 376 g/mol. The summed E-state index contributed by atoms with van der Waals surface area (Å²) in [6.45, 7) is 12.6. The standard InChI is InChI=1S/C21H36N2O6/c1-6-23(7-2)12-22-19(24)26-17-14(4)16-9-8-13(3)15-10-11-20(5)27-18(25-17)21(15,16)29-28-20/h13-18H,6-12H2,1-5H3,(H,22,24)/t13-,14-,15+,16+,17?,18-,20+,21?/m1/s1.